The smallest absolute Gasteiger partial charge is 0.223 e. The summed E-state index contributed by atoms with van der Waals surface area (Å²) >= 11 is 5.90. The fraction of sp³-hybridized carbons (Fsp3) is 0.500. The molecule has 18 heavy (non-hydrogen) atoms. The van der Waals surface area contributed by atoms with Crippen LogP contribution in [0.25, 0.3) is 0 Å². The first-order chi connectivity index (χ1) is 8.65. The highest BCUT2D eigenvalue weighted by atomic mass is 35.5. The molecule has 1 amide bonds. The first kappa shape index (κ1) is 13.4. The number of hydrogen-bond acceptors (Lipinski definition) is 2. The predicted octanol–water partition coefficient (Wildman–Crippen LogP) is 2.60. The second kappa shape index (κ2) is 5.72. The molecule has 1 fully saturated rings. The van der Waals surface area contributed by atoms with Crippen molar-refractivity contribution < 1.29 is 4.79 Å². The first-order valence-electron chi connectivity index (χ1n) is 6.40. The van der Waals surface area contributed by atoms with Gasteiger partial charge >= 0.3 is 0 Å². The summed E-state index contributed by atoms with van der Waals surface area (Å²) in [6.45, 7) is 3.46. The van der Waals surface area contributed by atoms with Crippen LogP contribution in [0.1, 0.15) is 31.4 Å². The van der Waals surface area contributed by atoms with Gasteiger partial charge in [-0.25, -0.2) is 0 Å². The molecule has 1 aromatic carbocycles. The zero-order chi connectivity index (χ0) is 13.1. The lowest BCUT2D eigenvalue weighted by atomic mass is 10.0. The van der Waals surface area contributed by atoms with E-state index in [1.54, 1.807) is 0 Å². The van der Waals surface area contributed by atoms with E-state index < -0.39 is 0 Å². The van der Waals surface area contributed by atoms with Gasteiger partial charge in [0.25, 0.3) is 0 Å². The van der Waals surface area contributed by atoms with Crippen LogP contribution in [-0.2, 0) is 4.79 Å². The maximum atomic E-state index is 12.0. The lowest BCUT2D eigenvalue weighted by molar-refractivity contribution is -0.129. The second-order valence-electron chi connectivity index (χ2n) is 4.83. The van der Waals surface area contributed by atoms with Gasteiger partial charge in [-0.15, -0.1) is 0 Å². The van der Waals surface area contributed by atoms with E-state index in [-0.39, 0.29) is 11.9 Å². The summed E-state index contributed by atoms with van der Waals surface area (Å²) in [6, 6.07) is 7.89. The molecule has 0 saturated carbocycles. The molecule has 2 atom stereocenters. The zero-order valence-corrected chi connectivity index (χ0v) is 11.4. The molecule has 0 aliphatic carbocycles. The highest BCUT2D eigenvalue weighted by Crippen LogP contribution is 2.31. The summed E-state index contributed by atoms with van der Waals surface area (Å²) in [5.74, 6) is 0.520. The maximum absolute atomic E-state index is 12.0. The Balaban J connectivity index is 2.18. The van der Waals surface area contributed by atoms with Crippen LogP contribution in [0.5, 0.6) is 0 Å². The number of halogens is 1. The van der Waals surface area contributed by atoms with Gasteiger partial charge in [0.2, 0.25) is 5.91 Å². The van der Waals surface area contributed by atoms with Crippen LogP contribution < -0.4 is 5.73 Å². The molecule has 1 aliphatic heterocycles. The van der Waals surface area contributed by atoms with Crippen LogP contribution in [0.4, 0.5) is 0 Å². The third-order valence-corrected chi connectivity index (χ3v) is 3.84. The summed E-state index contributed by atoms with van der Waals surface area (Å²) in [5.41, 5.74) is 6.81. The fourth-order valence-corrected chi connectivity index (χ4v) is 2.71. The lowest BCUT2D eigenvalue weighted by Gasteiger charge is -2.27. The van der Waals surface area contributed by atoms with Crippen molar-refractivity contribution in [1.82, 2.24) is 4.90 Å². The Morgan fingerprint density at radius 2 is 2.11 bits per heavy atom. The molecule has 3 nitrogen and oxygen atoms in total. The molecule has 1 aliphatic rings. The van der Waals surface area contributed by atoms with Gasteiger partial charge in [-0.05, 0) is 36.6 Å². The second-order valence-corrected chi connectivity index (χ2v) is 5.26. The van der Waals surface area contributed by atoms with E-state index in [9.17, 15) is 4.79 Å². The number of amides is 1. The normalized spacial score (nSPS) is 21.4. The molecule has 0 radical (unpaired) electrons. The molecule has 2 unspecified atom stereocenters. The summed E-state index contributed by atoms with van der Waals surface area (Å²) in [7, 11) is 0. The average Bonchev–Trinajstić information content (AvgIpc) is 2.74. The van der Waals surface area contributed by atoms with Gasteiger partial charge in [0.15, 0.2) is 0 Å². The van der Waals surface area contributed by atoms with Crippen LogP contribution in [0, 0.1) is 5.92 Å². The molecule has 0 bridgehead atoms. The zero-order valence-electron chi connectivity index (χ0n) is 10.6. The van der Waals surface area contributed by atoms with E-state index in [1.807, 2.05) is 29.2 Å². The van der Waals surface area contributed by atoms with Crippen molar-refractivity contribution in [2.24, 2.45) is 11.7 Å². The van der Waals surface area contributed by atoms with Gasteiger partial charge in [0.05, 0.1) is 6.04 Å². The predicted molar refractivity (Wildman–Crippen MR) is 73.4 cm³/mol. The van der Waals surface area contributed by atoms with E-state index in [0.717, 1.165) is 23.6 Å². The number of hydrogen-bond donors (Lipinski definition) is 1. The first-order valence-corrected chi connectivity index (χ1v) is 6.78. The highest BCUT2D eigenvalue weighted by Gasteiger charge is 2.33. The van der Waals surface area contributed by atoms with Gasteiger partial charge in [0.1, 0.15) is 0 Å². The molecule has 1 aromatic rings. The largest absolute Gasteiger partial charge is 0.335 e. The SMILES string of the molecule is CCC(c1ccc(Cl)cc1)N1CC(CN)CC1=O. The number of likely N-dealkylation sites (tertiary alicyclic amines) is 1. The third kappa shape index (κ3) is 2.68. The number of carbonyl (C=O) groups is 1. The summed E-state index contributed by atoms with van der Waals surface area (Å²) < 4.78 is 0. The molecular formula is C14H19ClN2O. The minimum Gasteiger partial charge on any atom is -0.335 e. The van der Waals surface area contributed by atoms with E-state index >= 15 is 0 Å². The van der Waals surface area contributed by atoms with Crippen LogP contribution in [0.15, 0.2) is 24.3 Å². The topological polar surface area (TPSA) is 46.3 Å². The van der Waals surface area contributed by atoms with Crippen molar-refractivity contribution in [1.29, 1.82) is 0 Å². The molecule has 2 N–H and O–H groups in total. The number of nitrogens with zero attached hydrogens (tertiary/aromatic N) is 1. The Kier molecular flexibility index (Phi) is 4.25. The Hall–Kier alpha value is -1.06. The quantitative estimate of drug-likeness (QED) is 0.911. The van der Waals surface area contributed by atoms with Gasteiger partial charge in [-0.3, -0.25) is 4.79 Å². The van der Waals surface area contributed by atoms with Crippen LogP contribution in [0.3, 0.4) is 0 Å². The highest BCUT2D eigenvalue weighted by molar-refractivity contribution is 6.30. The van der Waals surface area contributed by atoms with E-state index in [4.69, 9.17) is 17.3 Å². The fourth-order valence-electron chi connectivity index (χ4n) is 2.59. The number of nitrogens with two attached hydrogens (primary N) is 1. The average molecular weight is 267 g/mol. The molecule has 0 aromatic heterocycles. The van der Waals surface area contributed by atoms with E-state index in [1.165, 1.54) is 0 Å². The van der Waals surface area contributed by atoms with Gasteiger partial charge in [-0.1, -0.05) is 30.7 Å². The minimum absolute atomic E-state index is 0.145. The monoisotopic (exact) mass is 266 g/mol. The van der Waals surface area contributed by atoms with Gasteiger partial charge < -0.3 is 10.6 Å². The van der Waals surface area contributed by atoms with Crippen LogP contribution in [0.2, 0.25) is 5.02 Å². The molecule has 0 spiro atoms. The maximum Gasteiger partial charge on any atom is 0.223 e. The minimum atomic E-state index is 0.145. The Labute approximate surface area is 113 Å². The van der Waals surface area contributed by atoms with Crippen LogP contribution in [-0.4, -0.2) is 23.9 Å². The lowest BCUT2D eigenvalue weighted by Crippen LogP contribution is -2.30. The van der Waals surface area contributed by atoms with E-state index in [0.29, 0.717) is 18.9 Å². The van der Waals surface area contributed by atoms with Crippen molar-refractivity contribution in [2.75, 3.05) is 13.1 Å². The van der Waals surface area contributed by atoms with Crippen molar-refractivity contribution in [3.8, 4) is 0 Å². The Morgan fingerprint density at radius 3 is 2.61 bits per heavy atom. The van der Waals surface area contributed by atoms with Crippen molar-refractivity contribution in [3.63, 3.8) is 0 Å². The molecule has 98 valence electrons. The summed E-state index contributed by atoms with van der Waals surface area (Å²) in [4.78, 5) is 14.0. The number of benzene rings is 1. The third-order valence-electron chi connectivity index (χ3n) is 3.59. The van der Waals surface area contributed by atoms with Crippen molar-refractivity contribution >= 4 is 17.5 Å². The molecule has 1 heterocycles. The van der Waals surface area contributed by atoms with E-state index in [2.05, 4.69) is 6.92 Å². The standard InChI is InChI=1S/C14H19ClN2O/c1-2-13(11-3-5-12(15)6-4-11)17-9-10(8-16)7-14(17)18/h3-6,10,13H,2,7-9,16H2,1H3. The number of rotatable bonds is 4. The van der Waals surface area contributed by atoms with Gasteiger partial charge in [0, 0.05) is 18.0 Å². The summed E-state index contributed by atoms with van der Waals surface area (Å²) in [5, 5.41) is 0.723. The Morgan fingerprint density at radius 1 is 1.44 bits per heavy atom. The van der Waals surface area contributed by atoms with Crippen molar-refractivity contribution in [3.05, 3.63) is 34.9 Å². The number of carbonyl (C=O) groups excluding carboxylic acids is 1. The molecule has 2 rings (SSSR count). The van der Waals surface area contributed by atoms with Gasteiger partial charge in [-0.2, -0.15) is 0 Å². The Bertz CT molecular complexity index is 418. The summed E-state index contributed by atoms with van der Waals surface area (Å²) in [6.07, 6.45) is 1.49. The van der Waals surface area contributed by atoms with Crippen molar-refractivity contribution in [2.45, 2.75) is 25.8 Å². The molecule has 4 heteroatoms. The molecular weight excluding hydrogens is 248 g/mol. The molecule has 1 saturated heterocycles. The van der Waals surface area contributed by atoms with Crippen LogP contribution >= 0.6 is 11.6 Å².